The molecule has 1 amide bonds. The maximum Gasteiger partial charge on any atom is 0.255 e. The molecule has 2 N–H and O–H groups in total. The second-order valence-corrected chi connectivity index (χ2v) is 7.17. The normalized spacial score (nSPS) is 11.0. The first-order chi connectivity index (χ1) is 11.8. The Labute approximate surface area is 151 Å². The molecule has 0 aliphatic carbocycles. The van der Waals surface area contributed by atoms with Crippen LogP contribution in [0.4, 0.5) is 5.69 Å². The van der Waals surface area contributed by atoms with Crippen molar-refractivity contribution >= 4 is 33.2 Å². The molecular formula is C16H17ClN2O5S. The molecule has 25 heavy (non-hydrogen) atoms. The van der Waals surface area contributed by atoms with Crippen LogP contribution < -0.4 is 19.5 Å². The van der Waals surface area contributed by atoms with E-state index in [1.165, 1.54) is 57.7 Å². The van der Waals surface area contributed by atoms with Gasteiger partial charge in [-0.1, -0.05) is 11.6 Å². The number of amides is 1. The van der Waals surface area contributed by atoms with Crippen molar-refractivity contribution in [2.24, 2.45) is 0 Å². The fourth-order valence-electron chi connectivity index (χ4n) is 2.09. The number of carbonyl (C=O) groups is 1. The molecule has 0 aliphatic rings. The average molecular weight is 385 g/mol. The minimum atomic E-state index is -3.53. The first kappa shape index (κ1) is 19.0. The van der Waals surface area contributed by atoms with Crippen LogP contribution in [0.2, 0.25) is 5.02 Å². The molecule has 0 aromatic heterocycles. The summed E-state index contributed by atoms with van der Waals surface area (Å²) in [5.74, 6) is 0.241. The van der Waals surface area contributed by atoms with E-state index < -0.39 is 15.9 Å². The number of rotatable bonds is 6. The average Bonchev–Trinajstić information content (AvgIpc) is 2.61. The van der Waals surface area contributed by atoms with Crippen molar-refractivity contribution in [3.63, 3.8) is 0 Å². The zero-order valence-corrected chi connectivity index (χ0v) is 15.4. The van der Waals surface area contributed by atoms with Crippen molar-refractivity contribution in [2.75, 3.05) is 26.6 Å². The van der Waals surface area contributed by atoms with Gasteiger partial charge in [0.05, 0.1) is 24.1 Å². The summed E-state index contributed by atoms with van der Waals surface area (Å²) in [6.07, 6.45) is 0. The van der Waals surface area contributed by atoms with Gasteiger partial charge in [0.15, 0.2) is 11.5 Å². The predicted molar refractivity (Wildman–Crippen MR) is 95.2 cm³/mol. The molecular weight excluding hydrogens is 368 g/mol. The van der Waals surface area contributed by atoms with E-state index in [-0.39, 0.29) is 15.5 Å². The molecule has 0 spiro atoms. The lowest BCUT2D eigenvalue weighted by Crippen LogP contribution is -2.18. The standard InChI is InChI=1S/C16H17ClN2O5S/c1-18-25(21,22)12-6-4-11(5-7-12)19-16(20)10-8-13(17)15(24-3)14(9-10)23-2/h4-9,18H,1-3H3,(H,19,20). The SMILES string of the molecule is CNS(=O)(=O)c1ccc(NC(=O)c2cc(Cl)c(OC)c(OC)c2)cc1. The third kappa shape index (κ3) is 4.22. The van der Waals surface area contributed by atoms with Crippen LogP contribution in [-0.4, -0.2) is 35.6 Å². The fourth-order valence-corrected chi connectivity index (χ4v) is 3.11. The number of methoxy groups -OCH3 is 2. The molecule has 0 saturated heterocycles. The largest absolute Gasteiger partial charge is 0.493 e. The number of carbonyl (C=O) groups excluding carboxylic acids is 1. The Bertz CT molecular complexity index is 882. The molecule has 0 heterocycles. The minimum absolute atomic E-state index is 0.0992. The second-order valence-electron chi connectivity index (χ2n) is 4.88. The topological polar surface area (TPSA) is 93.7 Å². The van der Waals surface area contributed by atoms with Gasteiger partial charge in [0.1, 0.15) is 0 Å². The van der Waals surface area contributed by atoms with Gasteiger partial charge in [-0.15, -0.1) is 0 Å². The Morgan fingerprint density at radius 3 is 2.24 bits per heavy atom. The lowest BCUT2D eigenvalue weighted by molar-refractivity contribution is 0.102. The summed E-state index contributed by atoms with van der Waals surface area (Å²) >= 11 is 6.09. The van der Waals surface area contributed by atoms with Crippen LogP contribution in [0, 0.1) is 0 Å². The summed E-state index contributed by atoms with van der Waals surface area (Å²) in [7, 11) is 0.687. The Balaban J connectivity index is 2.24. The number of hydrogen-bond acceptors (Lipinski definition) is 5. The third-order valence-electron chi connectivity index (χ3n) is 3.39. The molecule has 2 rings (SSSR count). The van der Waals surface area contributed by atoms with E-state index in [1.807, 2.05) is 0 Å². The second kappa shape index (κ2) is 7.73. The number of ether oxygens (including phenoxy) is 2. The Kier molecular flexibility index (Phi) is 5.89. The number of benzene rings is 2. The van der Waals surface area contributed by atoms with Crippen molar-refractivity contribution < 1.29 is 22.7 Å². The van der Waals surface area contributed by atoms with E-state index in [2.05, 4.69) is 10.0 Å². The first-order valence-corrected chi connectivity index (χ1v) is 8.95. The minimum Gasteiger partial charge on any atom is -0.493 e. The van der Waals surface area contributed by atoms with Gasteiger partial charge in [0.25, 0.3) is 5.91 Å². The number of anilines is 1. The molecule has 2 aromatic rings. The molecule has 7 nitrogen and oxygen atoms in total. The Hall–Kier alpha value is -2.29. The van der Waals surface area contributed by atoms with Gasteiger partial charge in [0, 0.05) is 11.3 Å². The number of halogens is 1. The zero-order chi connectivity index (χ0) is 18.6. The smallest absolute Gasteiger partial charge is 0.255 e. The van der Waals surface area contributed by atoms with Crippen LogP contribution >= 0.6 is 11.6 Å². The summed E-state index contributed by atoms with van der Waals surface area (Å²) in [6.45, 7) is 0. The first-order valence-electron chi connectivity index (χ1n) is 7.09. The van der Waals surface area contributed by atoms with Gasteiger partial charge in [-0.05, 0) is 43.4 Å². The van der Waals surface area contributed by atoms with Crippen LogP contribution in [-0.2, 0) is 10.0 Å². The Morgan fingerprint density at radius 1 is 1.08 bits per heavy atom. The van der Waals surface area contributed by atoms with Gasteiger partial charge in [-0.25, -0.2) is 13.1 Å². The molecule has 0 saturated carbocycles. The molecule has 0 fully saturated rings. The summed E-state index contributed by atoms with van der Waals surface area (Å²) < 4.78 is 35.9. The van der Waals surface area contributed by atoms with Gasteiger partial charge in [-0.2, -0.15) is 0 Å². The summed E-state index contributed by atoms with van der Waals surface area (Å²) in [4.78, 5) is 12.5. The summed E-state index contributed by atoms with van der Waals surface area (Å²) in [5.41, 5.74) is 0.709. The maximum absolute atomic E-state index is 12.4. The van der Waals surface area contributed by atoms with Crippen LogP contribution in [0.1, 0.15) is 10.4 Å². The van der Waals surface area contributed by atoms with Crippen molar-refractivity contribution in [2.45, 2.75) is 4.90 Å². The monoisotopic (exact) mass is 384 g/mol. The lowest BCUT2D eigenvalue weighted by Gasteiger charge is -2.12. The van der Waals surface area contributed by atoms with Crippen LogP contribution in [0.15, 0.2) is 41.3 Å². The van der Waals surface area contributed by atoms with E-state index in [0.717, 1.165) is 0 Å². The Morgan fingerprint density at radius 2 is 1.72 bits per heavy atom. The van der Waals surface area contributed by atoms with Crippen LogP contribution in [0.25, 0.3) is 0 Å². The molecule has 134 valence electrons. The third-order valence-corrected chi connectivity index (χ3v) is 5.10. The van der Waals surface area contributed by atoms with Gasteiger partial charge in [0.2, 0.25) is 10.0 Å². The molecule has 0 unspecified atom stereocenters. The quantitative estimate of drug-likeness (QED) is 0.798. The van der Waals surface area contributed by atoms with Crippen molar-refractivity contribution in [1.82, 2.24) is 4.72 Å². The highest BCUT2D eigenvalue weighted by molar-refractivity contribution is 7.89. The van der Waals surface area contributed by atoms with Gasteiger partial charge >= 0.3 is 0 Å². The highest BCUT2D eigenvalue weighted by Crippen LogP contribution is 2.36. The predicted octanol–water partition coefficient (Wildman–Crippen LogP) is 2.52. The van der Waals surface area contributed by atoms with E-state index >= 15 is 0 Å². The van der Waals surface area contributed by atoms with E-state index in [0.29, 0.717) is 17.2 Å². The number of nitrogens with one attached hydrogen (secondary N) is 2. The highest BCUT2D eigenvalue weighted by Gasteiger charge is 2.16. The summed E-state index contributed by atoms with van der Waals surface area (Å²) in [5, 5.41) is 2.90. The molecule has 9 heteroatoms. The highest BCUT2D eigenvalue weighted by atomic mass is 35.5. The van der Waals surface area contributed by atoms with Crippen molar-refractivity contribution in [3.8, 4) is 11.5 Å². The zero-order valence-electron chi connectivity index (χ0n) is 13.8. The van der Waals surface area contributed by atoms with Gasteiger partial charge < -0.3 is 14.8 Å². The molecule has 0 atom stereocenters. The fraction of sp³-hybridized carbons (Fsp3) is 0.188. The van der Waals surface area contributed by atoms with Crippen LogP contribution in [0.3, 0.4) is 0 Å². The summed E-state index contributed by atoms with van der Waals surface area (Å²) in [6, 6.07) is 8.72. The molecule has 0 aliphatic heterocycles. The van der Waals surface area contributed by atoms with E-state index in [4.69, 9.17) is 21.1 Å². The lowest BCUT2D eigenvalue weighted by atomic mass is 10.1. The molecule has 2 aromatic carbocycles. The van der Waals surface area contributed by atoms with E-state index in [1.54, 1.807) is 0 Å². The van der Waals surface area contributed by atoms with Crippen molar-refractivity contribution in [1.29, 1.82) is 0 Å². The molecule has 0 bridgehead atoms. The number of sulfonamides is 1. The van der Waals surface area contributed by atoms with Crippen LogP contribution in [0.5, 0.6) is 11.5 Å². The molecule has 0 radical (unpaired) electrons. The maximum atomic E-state index is 12.4. The van der Waals surface area contributed by atoms with Gasteiger partial charge in [-0.3, -0.25) is 4.79 Å². The van der Waals surface area contributed by atoms with Crippen molar-refractivity contribution in [3.05, 3.63) is 47.0 Å². The number of hydrogen-bond donors (Lipinski definition) is 2. The van der Waals surface area contributed by atoms with E-state index in [9.17, 15) is 13.2 Å².